The van der Waals surface area contributed by atoms with Gasteiger partial charge in [0.25, 0.3) is 17.7 Å². The number of phenolic OH excluding ortho intramolecular Hbond substituents is 2. The van der Waals surface area contributed by atoms with E-state index in [2.05, 4.69) is 20.8 Å². The molecule has 0 aromatic heterocycles. The Morgan fingerprint density at radius 1 is 1.18 bits per heavy atom. The zero-order chi connectivity index (χ0) is 37.4. The molecule has 3 amide bonds. The number of carboxylic acid groups (broad SMARTS) is 2. The Morgan fingerprint density at radius 2 is 1.86 bits per heavy atom. The van der Waals surface area contributed by atoms with Gasteiger partial charge in [-0.15, -0.1) is 11.8 Å². The number of likely N-dealkylation sites (tertiary alicyclic amines) is 1. The number of carbonyl (C=O) groups excluding carboxylic acids is 3. The first kappa shape index (κ1) is 38.3. The number of β-lactam (4-membered cyclic amide) rings is 1. The largest absolute Gasteiger partial charge is 0.503 e. The summed E-state index contributed by atoms with van der Waals surface area (Å²) < 4.78 is 0.449. The Morgan fingerprint density at radius 3 is 2.47 bits per heavy atom. The summed E-state index contributed by atoms with van der Waals surface area (Å²) in [5.74, 6) is -5.58. The highest BCUT2D eigenvalue weighted by Gasteiger charge is 2.55. The van der Waals surface area contributed by atoms with Crippen LogP contribution >= 0.6 is 46.7 Å². The van der Waals surface area contributed by atoms with Crippen LogP contribution in [0.15, 0.2) is 27.5 Å². The predicted octanol–water partition coefficient (Wildman–Crippen LogP) is 1.15. The van der Waals surface area contributed by atoms with Crippen molar-refractivity contribution in [2.45, 2.75) is 49.7 Å². The van der Waals surface area contributed by atoms with Crippen LogP contribution < -0.4 is 16.4 Å². The van der Waals surface area contributed by atoms with Gasteiger partial charge < -0.3 is 46.1 Å². The van der Waals surface area contributed by atoms with E-state index in [0.29, 0.717) is 36.2 Å². The predicted molar refractivity (Wildman–Crippen MR) is 189 cm³/mol. The molecule has 1 unspecified atom stereocenters. The number of nitrogens with two attached hydrogens (primary N) is 1. The molecule has 4 aliphatic rings. The maximum Gasteiger partial charge on any atom is 0.352 e. The van der Waals surface area contributed by atoms with Gasteiger partial charge >= 0.3 is 11.9 Å². The molecule has 0 aliphatic carbocycles. The Balaban J connectivity index is 1.29. The summed E-state index contributed by atoms with van der Waals surface area (Å²) >= 11 is 14.4. The molecule has 1 aromatic rings. The monoisotopic (exact) mass is 788 g/mol. The van der Waals surface area contributed by atoms with Gasteiger partial charge in [-0.2, -0.15) is 0 Å². The van der Waals surface area contributed by atoms with Crippen LogP contribution in [0.25, 0.3) is 0 Å². The molecular formula is C30H36Cl2N7O10S2+. The number of oxime groups is 1. The summed E-state index contributed by atoms with van der Waals surface area (Å²) in [4.78, 5) is 74.5. The number of carboxylic acids is 2. The second-order valence-corrected chi connectivity index (χ2v) is 15.8. The molecule has 2 saturated heterocycles. The number of aliphatic imine (C=N–C) groups is 1. The molecule has 17 nitrogen and oxygen atoms in total. The number of quaternary nitrogens is 1. The van der Waals surface area contributed by atoms with Crippen molar-refractivity contribution in [3.8, 4) is 11.5 Å². The first-order valence-electron chi connectivity index (χ1n) is 15.7. The molecule has 2 fully saturated rings. The van der Waals surface area contributed by atoms with Gasteiger partial charge in [-0.25, -0.2) is 9.59 Å². The Labute approximate surface area is 309 Å². The number of halogens is 2. The van der Waals surface area contributed by atoms with Gasteiger partial charge in [-0.3, -0.25) is 24.3 Å². The molecule has 3 atom stereocenters. The summed E-state index contributed by atoms with van der Waals surface area (Å²) in [6.07, 6.45) is 1.74. The fourth-order valence-corrected chi connectivity index (χ4v) is 8.68. The maximum absolute atomic E-state index is 13.5. The molecule has 0 bridgehead atoms. The van der Waals surface area contributed by atoms with Crippen LogP contribution in [0.4, 0.5) is 0 Å². The molecule has 8 N–H and O–H groups in total. The van der Waals surface area contributed by atoms with Crippen molar-refractivity contribution >= 4 is 87.3 Å². The average molecular weight is 790 g/mol. The average Bonchev–Trinajstić information content (AvgIpc) is 3.72. The smallest absolute Gasteiger partial charge is 0.352 e. The third-order valence-corrected chi connectivity index (χ3v) is 11.9. The lowest BCUT2D eigenvalue weighted by molar-refractivity contribution is -0.911. The third-order valence-electron chi connectivity index (χ3n) is 8.97. The molecular weight excluding hydrogens is 753 g/mol. The second kappa shape index (κ2) is 15.0. The number of fused-ring (bicyclic) bond motifs is 1. The summed E-state index contributed by atoms with van der Waals surface area (Å²) in [6, 6.07) is -0.817. The van der Waals surface area contributed by atoms with Gasteiger partial charge in [-0.05, 0) is 19.9 Å². The fourth-order valence-electron chi connectivity index (χ4n) is 6.15. The van der Waals surface area contributed by atoms with E-state index in [1.165, 1.54) is 37.4 Å². The first-order chi connectivity index (χ1) is 24.0. The number of thioether (sulfide) groups is 2. The van der Waals surface area contributed by atoms with E-state index in [4.69, 9.17) is 33.8 Å². The van der Waals surface area contributed by atoms with E-state index in [-0.39, 0.29) is 50.2 Å². The molecule has 0 saturated carbocycles. The number of carbonyl (C=O) groups is 5. The zero-order valence-electron chi connectivity index (χ0n) is 27.4. The molecule has 1 aromatic carbocycles. The van der Waals surface area contributed by atoms with Gasteiger partial charge in [0.1, 0.15) is 29.7 Å². The third kappa shape index (κ3) is 7.81. The fraction of sp³-hybridized carbons (Fsp3) is 0.500. The molecule has 4 aliphatic heterocycles. The minimum atomic E-state index is -1.77. The van der Waals surface area contributed by atoms with Crippen molar-refractivity contribution in [3.05, 3.63) is 32.9 Å². The quantitative estimate of drug-likeness (QED) is 0.0488. The van der Waals surface area contributed by atoms with Crippen molar-refractivity contribution in [2.24, 2.45) is 15.9 Å². The van der Waals surface area contributed by atoms with E-state index in [0.717, 1.165) is 23.8 Å². The van der Waals surface area contributed by atoms with E-state index >= 15 is 0 Å². The number of aromatic hydroxyl groups is 2. The normalized spacial score (nSPS) is 22.9. The first-order valence-corrected chi connectivity index (χ1v) is 18.4. The molecule has 51 heavy (non-hydrogen) atoms. The molecule has 276 valence electrons. The van der Waals surface area contributed by atoms with Crippen molar-refractivity contribution in [2.75, 3.05) is 44.2 Å². The number of benzene rings is 1. The zero-order valence-corrected chi connectivity index (χ0v) is 30.5. The number of phenols is 2. The number of rotatable bonds is 13. The number of aliphatic carboxylic acids is 2. The van der Waals surface area contributed by atoms with Crippen LogP contribution in [0.3, 0.4) is 0 Å². The van der Waals surface area contributed by atoms with Crippen molar-refractivity contribution < 1.29 is 53.7 Å². The van der Waals surface area contributed by atoms with Crippen LogP contribution in [-0.4, -0.2) is 138 Å². The van der Waals surface area contributed by atoms with Crippen LogP contribution in [0.5, 0.6) is 11.5 Å². The van der Waals surface area contributed by atoms with Gasteiger partial charge in [0, 0.05) is 29.9 Å². The number of hydrogen-bond donors (Lipinski definition) is 7. The number of nitrogens with one attached hydrogen (secondary N) is 2. The highest BCUT2D eigenvalue weighted by atomic mass is 35.5. The number of nitrogens with zero attached hydrogens (tertiary/aromatic N) is 4. The highest BCUT2D eigenvalue weighted by Crippen LogP contribution is 2.42. The Hall–Kier alpha value is -3.91. The number of amidine groups is 1. The van der Waals surface area contributed by atoms with E-state index in [9.17, 15) is 44.4 Å². The molecule has 5 rings (SSSR count). The topological polar surface area (TPSA) is 254 Å². The molecule has 21 heteroatoms. The molecule has 0 spiro atoms. The summed E-state index contributed by atoms with van der Waals surface area (Å²) in [7, 11) is 0. The number of amides is 3. The van der Waals surface area contributed by atoms with Gasteiger partial charge in [-0.1, -0.05) is 40.1 Å². The van der Waals surface area contributed by atoms with Crippen LogP contribution in [0.1, 0.15) is 37.0 Å². The standard InChI is InChI=1S/C30H35Cl2N7O10S2/c1-30(2,28(47)48)49-37-18(16-12-51-29(33)35-16)24(43)36-19-25(44)38-20(27(45)46)13(11-50-26(19)38)10-39(6-3-4-7-39)8-5-34-23(42)14-9-15(31)21(40)22(41)17(14)32/h9,16,19,26H,3-8,10-12H2,1-2H3,(H7-,33,34,35,36,37,40,41,42,43,45,46,47,48)/p+1/t16?,19-,26-/m1/s1. The van der Waals surface area contributed by atoms with Crippen molar-refractivity contribution in [1.29, 1.82) is 0 Å². The molecule has 0 radical (unpaired) electrons. The minimum Gasteiger partial charge on any atom is -0.503 e. The Bertz CT molecular complexity index is 1770. The highest BCUT2D eigenvalue weighted by molar-refractivity contribution is 8.14. The Kier molecular flexibility index (Phi) is 11.3. The SMILES string of the molecule is CC(C)(O/N=C(\C(=O)N[C@@H]1C(=O)N2C(C(=O)O)=C(C[N+]3(CCNC(=O)c4cc(Cl)c(O)c(O)c4Cl)CCCC3)CS[C@H]12)C1CSC(N)=N1)C(=O)O. The summed E-state index contributed by atoms with van der Waals surface area (Å²) in [5.41, 5.74) is 3.97. The van der Waals surface area contributed by atoms with Crippen LogP contribution in [0, 0.1) is 0 Å². The van der Waals surface area contributed by atoms with Crippen molar-refractivity contribution in [1.82, 2.24) is 15.5 Å². The lowest BCUT2D eigenvalue weighted by Gasteiger charge is -2.50. The van der Waals surface area contributed by atoms with E-state index in [1.54, 1.807) is 0 Å². The van der Waals surface area contributed by atoms with Crippen LogP contribution in [0.2, 0.25) is 10.0 Å². The summed E-state index contributed by atoms with van der Waals surface area (Å²) in [5, 5.41) is 47.5. The summed E-state index contributed by atoms with van der Waals surface area (Å²) in [6.45, 7) is 4.80. The van der Waals surface area contributed by atoms with Gasteiger partial charge in [0.05, 0.1) is 41.8 Å². The second-order valence-electron chi connectivity index (χ2n) is 12.8. The lowest BCUT2D eigenvalue weighted by Crippen LogP contribution is -2.71. The number of hydrogen-bond acceptors (Lipinski definition) is 13. The maximum atomic E-state index is 13.5. The lowest BCUT2D eigenvalue weighted by atomic mass is 10.0. The van der Waals surface area contributed by atoms with Gasteiger partial charge in [0.15, 0.2) is 22.4 Å². The van der Waals surface area contributed by atoms with E-state index < -0.39 is 64.2 Å². The minimum absolute atomic E-state index is 0.123. The van der Waals surface area contributed by atoms with Gasteiger partial charge in [0.2, 0.25) is 5.60 Å². The van der Waals surface area contributed by atoms with Crippen molar-refractivity contribution in [3.63, 3.8) is 0 Å². The van der Waals surface area contributed by atoms with E-state index in [1.807, 2.05) is 0 Å². The van der Waals surface area contributed by atoms with Crippen LogP contribution in [-0.2, 0) is 24.0 Å². The molecule has 4 heterocycles.